The molecular formula is C12H6BrFN2. The van der Waals surface area contributed by atoms with E-state index in [1.165, 1.54) is 6.07 Å². The monoisotopic (exact) mass is 276 g/mol. The van der Waals surface area contributed by atoms with E-state index in [0.717, 1.165) is 4.47 Å². The predicted octanol–water partition coefficient (Wildman–Crippen LogP) is 3.52. The van der Waals surface area contributed by atoms with E-state index < -0.39 is 5.82 Å². The van der Waals surface area contributed by atoms with Crippen LogP contribution < -0.4 is 0 Å². The molecule has 2 aromatic rings. The van der Waals surface area contributed by atoms with Crippen molar-refractivity contribution >= 4 is 15.9 Å². The molecule has 0 atom stereocenters. The van der Waals surface area contributed by atoms with Crippen LogP contribution in [0.4, 0.5) is 4.39 Å². The number of nitrogens with zero attached hydrogens (tertiary/aromatic N) is 2. The van der Waals surface area contributed by atoms with Crippen molar-refractivity contribution in [1.82, 2.24) is 4.98 Å². The molecule has 0 aliphatic heterocycles. The zero-order valence-corrected chi connectivity index (χ0v) is 9.70. The summed E-state index contributed by atoms with van der Waals surface area (Å²) in [5.41, 5.74) is 1.12. The second kappa shape index (κ2) is 4.42. The van der Waals surface area contributed by atoms with Gasteiger partial charge in [0.2, 0.25) is 0 Å². The number of nitriles is 1. The summed E-state index contributed by atoms with van der Waals surface area (Å²) in [6.45, 7) is 0. The first-order chi connectivity index (χ1) is 7.72. The van der Waals surface area contributed by atoms with Gasteiger partial charge in [0, 0.05) is 16.2 Å². The summed E-state index contributed by atoms with van der Waals surface area (Å²) in [4.78, 5) is 4.13. The summed E-state index contributed by atoms with van der Waals surface area (Å²) in [5, 5.41) is 8.89. The molecule has 0 saturated carbocycles. The zero-order chi connectivity index (χ0) is 11.5. The lowest BCUT2D eigenvalue weighted by Gasteiger charge is -2.03. The number of rotatable bonds is 1. The molecule has 1 aromatic carbocycles. The molecule has 0 spiro atoms. The Balaban J connectivity index is 2.61. The summed E-state index contributed by atoms with van der Waals surface area (Å²) in [5.74, 6) is -0.523. The Labute approximate surface area is 100 Å². The van der Waals surface area contributed by atoms with Crippen molar-refractivity contribution in [2.24, 2.45) is 0 Å². The molecule has 1 aromatic heterocycles. The van der Waals surface area contributed by atoms with E-state index >= 15 is 0 Å². The van der Waals surface area contributed by atoms with Crippen LogP contribution in [0.1, 0.15) is 5.56 Å². The number of benzene rings is 1. The van der Waals surface area contributed by atoms with Crippen LogP contribution in [0.25, 0.3) is 11.3 Å². The minimum atomic E-state index is -0.523. The van der Waals surface area contributed by atoms with Crippen molar-refractivity contribution < 1.29 is 4.39 Å². The first kappa shape index (κ1) is 10.8. The van der Waals surface area contributed by atoms with Crippen LogP contribution in [0, 0.1) is 17.1 Å². The number of hydrogen-bond donors (Lipinski definition) is 0. The normalized spacial score (nSPS) is 9.81. The molecule has 2 nitrogen and oxygen atoms in total. The van der Waals surface area contributed by atoms with E-state index in [9.17, 15) is 4.39 Å². The molecule has 0 unspecified atom stereocenters. The zero-order valence-electron chi connectivity index (χ0n) is 8.11. The number of pyridine rings is 1. The molecule has 78 valence electrons. The highest BCUT2D eigenvalue weighted by Crippen LogP contribution is 2.24. The number of halogens is 2. The summed E-state index contributed by atoms with van der Waals surface area (Å²) in [6.07, 6.45) is 1.61. The molecule has 0 amide bonds. The lowest BCUT2D eigenvalue weighted by atomic mass is 10.0. The molecular weight excluding hydrogens is 271 g/mol. The van der Waals surface area contributed by atoms with Gasteiger partial charge in [0.15, 0.2) is 0 Å². The van der Waals surface area contributed by atoms with Crippen molar-refractivity contribution in [3.63, 3.8) is 0 Å². The standard InChI is InChI=1S/C12H6BrFN2/c13-8-4-5-12(16-7-8)9-2-1-3-11(14)10(9)6-15/h1-5,7H. The topological polar surface area (TPSA) is 36.7 Å². The molecule has 1 heterocycles. The Morgan fingerprint density at radius 2 is 2.06 bits per heavy atom. The summed E-state index contributed by atoms with van der Waals surface area (Å²) >= 11 is 3.27. The molecule has 0 aliphatic carbocycles. The Bertz CT molecular complexity index is 558. The van der Waals surface area contributed by atoms with Crippen LogP contribution in [0.3, 0.4) is 0 Å². The second-order valence-electron chi connectivity index (χ2n) is 3.14. The largest absolute Gasteiger partial charge is 0.255 e. The van der Waals surface area contributed by atoms with Crippen LogP contribution in [0.2, 0.25) is 0 Å². The highest BCUT2D eigenvalue weighted by molar-refractivity contribution is 9.10. The van der Waals surface area contributed by atoms with Crippen LogP contribution in [-0.2, 0) is 0 Å². The van der Waals surface area contributed by atoms with Crippen molar-refractivity contribution in [2.75, 3.05) is 0 Å². The highest BCUT2D eigenvalue weighted by Gasteiger charge is 2.10. The lowest BCUT2D eigenvalue weighted by molar-refractivity contribution is 0.624. The van der Waals surface area contributed by atoms with Gasteiger partial charge in [-0.1, -0.05) is 12.1 Å². The smallest absolute Gasteiger partial charge is 0.141 e. The van der Waals surface area contributed by atoms with E-state index in [-0.39, 0.29) is 5.56 Å². The average molecular weight is 277 g/mol. The molecule has 0 bridgehead atoms. The Morgan fingerprint density at radius 3 is 2.69 bits per heavy atom. The SMILES string of the molecule is N#Cc1c(F)cccc1-c1ccc(Br)cn1. The summed E-state index contributed by atoms with van der Waals surface area (Å²) < 4.78 is 14.2. The molecule has 2 rings (SSSR count). The molecule has 0 N–H and O–H groups in total. The maximum absolute atomic E-state index is 13.4. The molecule has 0 saturated heterocycles. The van der Waals surface area contributed by atoms with E-state index in [2.05, 4.69) is 20.9 Å². The van der Waals surface area contributed by atoms with Gasteiger partial charge in [-0.05, 0) is 34.1 Å². The van der Waals surface area contributed by atoms with Crippen molar-refractivity contribution in [2.45, 2.75) is 0 Å². The molecule has 0 aliphatic rings. The number of hydrogen-bond acceptors (Lipinski definition) is 2. The van der Waals surface area contributed by atoms with E-state index in [1.54, 1.807) is 30.5 Å². The van der Waals surface area contributed by atoms with Crippen molar-refractivity contribution in [3.8, 4) is 17.3 Å². The first-order valence-electron chi connectivity index (χ1n) is 4.53. The van der Waals surface area contributed by atoms with Crippen LogP contribution >= 0.6 is 15.9 Å². The van der Waals surface area contributed by atoms with Crippen molar-refractivity contribution in [3.05, 3.63) is 52.4 Å². The maximum atomic E-state index is 13.4. The quantitative estimate of drug-likeness (QED) is 0.799. The van der Waals surface area contributed by atoms with Gasteiger partial charge in [-0.2, -0.15) is 5.26 Å². The first-order valence-corrected chi connectivity index (χ1v) is 5.32. The molecule has 0 radical (unpaired) electrons. The Kier molecular flexibility index (Phi) is 2.97. The minimum absolute atomic E-state index is 0.0253. The van der Waals surface area contributed by atoms with E-state index in [1.807, 2.05) is 6.07 Å². The number of aromatic nitrogens is 1. The van der Waals surface area contributed by atoms with Gasteiger partial charge < -0.3 is 0 Å². The molecule has 16 heavy (non-hydrogen) atoms. The van der Waals surface area contributed by atoms with Gasteiger partial charge in [0.25, 0.3) is 0 Å². The van der Waals surface area contributed by atoms with E-state index in [4.69, 9.17) is 5.26 Å². The van der Waals surface area contributed by atoms with Gasteiger partial charge in [-0.3, -0.25) is 4.98 Å². The minimum Gasteiger partial charge on any atom is -0.255 e. The highest BCUT2D eigenvalue weighted by atomic mass is 79.9. The Hall–Kier alpha value is -1.73. The van der Waals surface area contributed by atoms with Gasteiger partial charge in [0.1, 0.15) is 11.9 Å². The summed E-state index contributed by atoms with van der Waals surface area (Å²) in [6, 6.07) is 9.89. The van der Waals surface area contributed by atoms with Crippen molar-refractivity contribution in [1.29, 1.82) is 5.26 Å². The lowest BCUT2D eigenvalue weighted by Crippen LogP contribution is -1.91. The third-order valence-corrected chi connectivity index (χ3v) is 2.60. The van der Waals surface area contributed by atoms with Crippen LogP contribution in [0.5, 0.6) is 0 Å². The summed E-state index contributed by atoms with van der Waals surface area (Å²) in [7, 11) is 0. The molecule has 4 heteroatoms. The predicted molar refractivity (Wildman–Crippen MR) is 62.0 cm³/mol. The Morgan fingerprint density at radius 1 is 1.25 bits per heavy atom. The second-order valence-corrected chi connectivity index (χ2v) is 4.05. The van der Waals surface area contributed by atoms with Gasteiger partial charge in [-0.15, -0.1) is 0 Å². The average Bonchev–Trinajstić information content (AvgIpc) is 2.30. The fourth-order valence-corrected chi connectivity index (χ4v) is 1.62. The fourth-order valence-electron chi connectivity index (χ4n) is 1.39. The van der Waals surface area contributed by atoms with Gasteiger partial charge in [-0.25, -0.2) is 4.39 Å². The third-order valence-electron chi connectivity index (χ3n) is 2.13. The van der Waals surface area contributed by atoms with Crippen LogP contribution in [0.15, 0.2) is 41.0 Å². The van der Waals surface area contributed by atoms with E-state index in [0.29, 0.717) is 11.3 Å². The fraction of sp³-hybridized carbons (Fsp3) is 0. The third kappa shape index (κ3) is 1.95. The van der Waals surface area contributed by atoms with Crippen LogP contribution in [-0.4, -0.2) is 4.98 Å². The van der Waals surface area contributed by atoms with Gasteiger partial charge >= 0.3 is 0 Å². The molecule has 0 fully saturated rings. The van der Waals surface area contributed by atoms with Gasteiger partial charge in [0.05, 0.1) is 11.3 Å². The maximum Gasteiger partial charge on any atom is 0.141 e.